The SMILES string of the molecule is CCC(=O)OC(=O)C(C(=O)CC)C(=O)CC. The van der Waals surface area contributed by atoms with Gasteiger partial charge in [-0.1, -0.05) is 20.8 Å². The fourth-order valence-electron chi connectivity index (χ4n) is 1.09. The molecular weight excluding hydrogens is 212 g/mol. The highest BCUT2D eigenvalue weighted by Gasteiger charge is 2.33. The van der Waals surface area contributed by atoms with E-state index < -0.39 is 29.4 Å². The molecule has 0 fully saturated rings. The van der Waals surface area contributed by atoms with Gasteiger partial charge in [-0.25, -0.2) is 0 Å². The minimum atomic E-state index is -1.44. The number of Topliss-reactive ketones (excluding diaryl/α,β-unsaturated/α-hetero) is 2. The summed E-state index contributed by atoms with van der Waals surface area (Å²) in [4.78, 5) is 45.1. The van der Waals surface area contributed by atoms with E-state index in [9.17, 15) is 19.2 Å². The minimum Gasteiger partial charge on any atom is -0.392 e. The second kappa shape index (κ2) is 6.87. The molecule has 0 amide bonds. The average molecular weight is 228 g/mol. The van der Waals surface area contributed by atoms with Gasteiger partial charge in [-0.15, -0.1) is 0 Å². The van der Waals surface area contributed by atoms with Gasteiger partial charge in [-0.05, 0) is 0 Å². The Labute approximate surface area is 94.1 Å². The van der Waals surface area contributed by atoms with Crippen LogP contribution in [0, 0.1) is 5.92 Å². The monoisotopic (exact) mass is 228 g/mol. The van der Waals surface area contributed by atoms with Crippen LogP contribution < -0.4 is 0 Å². The molecular formula is C11H16O5. The molecule has 0 heterocycles. The van der Waals surface area contributed by atoms with Crippen molar-refractivity contribution >= 4 is 23.5 Å². The van der Waals surface area contributed by atoms with Crippen LogP contribution in [-0.4, -0.2) is 23.5 Å². The van der Waals surface area contributed by atoms with E-state index in [4.69, 9.17) is 0 Å². The van der Waals surface area contributed by atoms with Crippen molar-refractivity contribution in [2.24, 2.45) is 5.92 Å². The van der Waals surface area contributed by atoms with E-state index >= 15 is 0 Å². The third-order valence-corrected chi connectivity index (χ3v) is 2.08. The molecule has 90 valence electrons. The predicted octanol–water partition coefficient (Wildman–Crippen LogP) is 1.04. The van der Waals surface area contributed by atoms with Crippen molar-refractivity contribution in [3.8, 4) is 0 Å². The number of hydrogen-bond acceptors (Lipinski definition) is 5. The molecule has 0 atom stereocenters. The van der Waals surface area contributed by atoms with Crippen molar-refractivity contribution < 1.29 is 23.9 Å². The Morgan fingerprint density at radius 2 is 1.31 bits per heavy atom. The van der Waals surface area contributed by atoms with Crippen LogP contribution in [0.1, 0.15) is 40.0 Å². The Balaban J connectivity index is 4.76. The normalized spacial score (nSPS) is 10.0. The summed E-state index contributed by atoms with van der Waals surface area (Å²) in [6, 6.07) is 0. The van der Waals surface area contributed by atoms with Crippen LogP contribution in [-0.2, 0) is 23.9 Å². The van der Waals surface area contributed by atoms with Crippen LogP contribution in [0.15, 0.2) is 0 Å². The van der Waals surface area contributed by atoms with Crippen molar-refractivity contribution in [1.82, 2.24) is 0 Å². The molecule has 0 aliphatic heterocycles. The van der Waals surface area contributed by atoms with Gasteiger partial charge >= 0.3 is 11.9 Å². The van der Waals surface area contributed by atoms with E-state index in [2.05, 4.69) is 4.74 Å². The highest BCUT2D eigenvalue weighted by Crippen LogP contribution is 2.09. The van der Waals surface area contributed by atoms with Crippen LogP contribution in [0.5, 0.6) is 0 Å². The zero-order valence-electron chi connectivity index (χ0n) is 9.74. The maximum Gasteiger partial charge on any atom is 0.331 e. The molecule has 0 rings (SSSR count). The van der Waals surface area contributed by atoms with E-state index in [1.807, 2.05) is 0 Å². The lowest BCUT2D eigenvalue weighted by Gasteiger charge is -2.10. The summed E-state index contributed by atoms with van der Waals surface area (Å²) in [5.74, 6) is -4.25. The van der Waals surface area contributed by atoms with Crippen molar-refractivity contribution in [2.75, 3.05) is 0 Å². The molecule has 0 saturated heterocycles. The lowest BCUT2D eigenvalue weighted by molar-refractivity contribution is -0.164. The van der Waals surface area contributed by atoms with E-state index in [1.54, 1.807) is 13.8 Å². The van der Waals surface area contributed by atoms with E-state index in [0.29, 0.717) is 0 Å². The Bertz CT molecular complexity index is 289. The molecule has 0 unspecified atom stereocenters. The highest BCUT2D eigenvalue weighted by atomic mass is 16.6. The molecule has 0 aliphatic rings. The van der Waals surface area contributed by atoms with Crippen molar-refractivity contribution in [2.45, 2.75) is 40.0 Å². The van der Waals surface area contributed by atoms with Crippen LogP contribution in [0.4, 0.5) is 0 Å². The lowest BCUT2D eigenvalue weighted by atomic mass is 9.96. The van der Waals surface area contributed by atoms with Gasteiger partial charge in [0.25, 0.3) is 0 Å². The molecule has 0 aromatic heterocycles. The number of esters is 2. The summed E-state index contributed by atoms with van der Waals surface area (Å²) in [6.45, 7) is 4.62. The molecule has 0 saturated carbocycles. The van der Waals surface area contributed by atoms with Gasteiger partial charge in [-0.3, -0.25) is 19.2 Å². The fourth-order valence-corrected chi connectivity index (χ4v) is 1.09. The van der Waals surface area contributed by atoms with Gasteiger partial charge in [0.05, 0.1) is 0 Å². The standard InChI is InChI=1S/C11H16O5/c1-4-7(12)10(8(13)5-2)11(15)16-9(14)6-3/h10H,4-6H2,1-3H3. The molecule has 5 nitrogen and oxygen atoms in total. The number of carbonyl (C=O) groups excluding carboxylic acids is 4. The topological polar surface area (TPSA) is 77.5 Å². The molecule has 0 radical (unpaired) electrons. The second-order valence-electron chi connectivity index (χ2n) is 3.22. The average Bonchev–Trinajstić information content (AvgIpc) is 2.28. The first-order valence-corrected chi connectivity index (χ1v) is 5.27. The molecule has 0 bridgehead atoms. The summed E-state index contributed by atoms with van der Waals surface area (Å²) < 4.78 is 4.39. The summed E-state index contributed by atoms with van der Waals surface area (Å²) in [6.07, 6.45) is 0.150. The van der Waals surface area contributed by atoms with Gasteiger partial charge in [0.1, 0.15) is 0 Å². The third kappa shape index (κ3) is 3.92. The van der Waals surface area contributed by atoms with E-state index in [1.165, 1.54) is 6.92 Å². The Kier molecular flexibility index (Phi) is 6.22. The minimum absolute atomic E-state index is 0.0269. The number of ketones is 2. The number of ether oxygens (including phenoxy) is 1. The van der Waals surface area contributed by atoms with E-state index in [0.717, 1.165) is 0 Å². The fraction of sp³-hybridized carbons (Fsp3) is 0.636. The first-order chi connectivity index (χ1) is 7.47. The number of hydrogen-bond donors (Lipinski definition) is 0. The largest absolute Gasteiger partial charge is 0.392 e. The molecule has 0 aliphatic carbocycles. The first-order valence-electron chi connectivity index (χ1n) is 5.27. The smallest absolute Gasteiger partial charge is 0.331 e. The molecule has 0 N–H and O–H groups in total. The summed E-state index contributed by atoms with van der Waals surface area (Å²) in [5, 5.41) is 0. The zero-order valence-corrected chi connectivity index (χ0v) is 9.74. The van der Waals surface area contributed by atoms with Gasteiger partial charge in [0.2, 0.25) is 0 Å². The first kappa shape index (κ1) is 14.5. The predicted molar refractivity (Wildman–Crippen MR) is 55.5 cm³/mol. The molecule has 0 aromatic carbocycles. The highest BCUT2D eigenvalue weighted by molar-refractivity contribution is 6.18. The maximum atomic E-state index is 11.4. The quantitative estimate of drug-likeness (QED) is 0.501. The molecule has 0 aromatic rings. The Morgan fingerprint density at radius 3 is 1.62 bits per heavy atom. The van der Waals surface area contributed by atoms with Gasteiger partial charge < -0.3 is 4.74 Å². The van der Waals surface area contributed by atoms with Crippen molar-refractivity contribution in [1.29, 1.82) is 0 Å². The summed E-state index contributed by atoms with van der Waals surface area (Å²) in [5.41, 5.74) is 0. The molecule has 0 spiro atoms. The second-order valence-corrected chi connectivity index (χ2v) is 3.22. The Morgan fingerprint density at radius 1 is 0.875 bits per heavy atom. The Hall–Kier alpha value is -1.52. The number of carbonyl (C=O) groups is 4. The maximum absolute atomic E-state index is 11.4. The van der Waals surface area contributed by atoms with Crippen molar-refractivity contribution in [3.63, 3.8) is 0 Å². The zero-order chi connectivity index (χ0) is 12.7. The van der Waals surface area contributed by atoms with Gasteiger partial charge in [0, 0.05) is 19.3 Å². The third-order valence-electron chi connectivity index (χ3n) is 2.08. The van der Waals surface area contributed by atoms with E-state index in [-0.39, 0.29) is 19.3 Å². The summed E-state index contributed by atoms with van der Waals surface area (Å²) in [7, 11) is 0. The van der Waals surface area contributed by atoms with Gasteiger partial charge in [0.15, 0.2) is 17.5 Å². The lowest BCUT2D eigenvalue weighted by Crippen LogP contribution is -2.33. The van der Waals surface area contributed by atoms with Crippen molar-refractivity contribution in [3.05, 3.63) is 0 Å². The van der Waals surface area contributed by atoms with Gasteiger partial charge in [-0.2, -0.15) is 0 Å². The van der Waals surface area contributed by atoms with Crippen LogP contribution >= 0.6 is 0 Å². The van der Waals surface area contributed by atoms with Crippen LogP contribution in [0.3, 0.4) is 0 Å². The molecule has 5 heteroatoms. The molecule has 16 heavy (non-hydrogen) atoms. The number of rotatable bonds is 6. The van der Waals surface area contributed by atoms with Crippen LogP contribution in [0.2, 0.25) is 0 Å². The summed E-state index contributed by atoms with van der Waals surface area (Å²) >= 11 is 0. The van der Waals surface area contributed by atoms with Crippen LogP contribution in [0.25, 0.3) is 0 Å².